The summed E-state index contributed by atoms with van der Waals surface area (Å²) in [4.78, 5) is 11.9. The summed E-state index contributed by atoms with van der Waals surface area (Å²) in [6.45, 7) is 2.70. The summed E-state index contributed by atoms with van der Waals surface area (Å²) in [5, 5.41) is 9.68. The van der Waals surface area contributed by atoms with Crippen LogP contribution in [0.3, 0.4) is 0 Å². The fraction of sp³-hybridized carbons (Fsp3) is 0.692. The lowest BCUT2D eigenvalue weighted by Crippen LogP contribution is -2.26. The lowest BCUT2D eigenvalue weighted by molar-refractivity contribution is 0.0947. The van der Waals surface area contributed by atoms with Crippen LogP contribution >= 0.6 is 0 Å². The van der Waals surface area contributed by atoms with E-state index in [-0.39, 0.29) is 5.91 Å². The highest BCUT2D eigenvalue weighted by molar-refractivity contribution is 5.97. The summed E-state index contributed by atoms with van der Waals surface area (Å²) in [5.74, 6) is 0.620. The highest BCUT2D eigenvalue weighted by Crippen LogP contribution is 2.26. The average molecular weight is 250 g/mol. The first-order valence-electron chi connectivity index (χ1n) is 6.83. The van der Waals surface area contributed by atoms with Gasteiger partial charge in [0.15, 0.2) is 5.69 Å². The molecule has 0 radical (unpaired) electrons. The number of nitrogens with zero attached hydrogens (tertiary/aromatic N) is 1. The molecule has 1 aromatic heterocycles. The van der Waals surface area contributed by atoms with E-state index < -0.39 is 0 Å². The van der Waals surface area contributed by atoms with Gasteiger partial charge in [-0.25, -0.2) is 0 Å². The predicted molar refractivity (Wildman–Crippen MR) is 71.3 cm³/mol. The van der Waals surface area contributed by atoms with Crippen LogP contribution in [0.5, 0.6) is 0 Å². The Morgan fingerprint density at radius 2 is 2.22 bits per heavy atom. The van der Waals surface area contributed by atoms with Crippen LogP contribution in [0.1, 0.15) is 55.2 Å². The molecule has 1 aromatic rings. The van der Waals surface area contributed by atoms with E-state index in [4.69, 9.17) is 5.73 Å². The maximum atomic E-state index is 11.9. The van der Waals surface area contributed by atoms with E-state index >= 15 is 0 Å². The number of aromatic nitrogens is 2. The summed E-state index contributed by atoms with van der Waals surface area (Å²) in [6, 6.07) is 0. The van der Waals surface area contributed by atoms with E-state index in [1.54, 1.807) is 0 Å². The summed E-state index contributed by atoms with van der Waals surface area (Å²) >= 11 is 0. The van der Waals surface area contributed by atoms with Crippen LogP contribution < -0.4 is 11.1 Å². The van der Waals surface area contributed by atoms with Crippen LogP contribution in [-0.2, 0) is 6.42 Å². The Kier molecular flexibility index (Phi) is 4.23. The van der Waals surface area contributed by atoms with Crippen molar-refractivity contribution < 1.29 is 4.79 Å². The summed E-state index contributed by atoms with van der Waals surface area (Å²) in [6.07, 6.45) is 7.11. The Hall–Kier alpha value is -1.52. The van der Waals surface area contributed by atoms with Crippen LogP contribution in [0.15, 0.2) is 0 Å². The number of carbonyl (C=O) groups is 1. The second-order valence-electron chi connectivity index (χ2n) is 5.01. The smallest absolute Gasteiger partial charge is 0.273 e. The minimum Gasteiger partial charge on any atom is -0.395 e. The fourth-order valence-electron chi connectivity index (χ4n) is 2.60. The van der Waals surface area contributed by atoms with Crippen LogP contribution in [-0.4, -0.2) is 22.6 Å². The van der Waals surface area contributed by atoms with E-state index in [9.17, 15) is 4.79 Å². The van der Waals surface area contributed by atoms with Crippen LogP contribution in [0.4, 0.5) is 5.69 Å². The van der Waals surface area contributed by atoms with Gasteiger partial charge in [0.05, 0.1) is 11.4 Å². The maximum absolute atomic E-state index is 11.9. The van der Waals surface area contributed by atoms with Gasteiger partial charge < -0.3 is 11.1 Å². The number of amides is 1. The third-order valence-corrected chi connectivity index (χ3v) is 3.76. The number of rotatable bonds is 5. The van der Waals surface area contributed by atoms with Crippen LogP contribution in [0.25, 0.3) is 0 Å². The minimum absolute atomic E-state index is 0.165. The quantitative estimate of drug-likeness (QED) is 0.746. The van der Waals surface area contributed by atoms with Crippen molar-refractivity contribution in [1.82, 2.24) is 15.5 Å². The van der Waals surface area contributed by atoms with E-state index in [1.165, 1.54) is 25.7 Å². The van der Waals surface area contributed by atoms with Gasteiger partial charge in [0.25, 0.3) is 5.91 Å². The zero-order chi connectivity index (χ0) is 13.0. The lowest BCUT2D eigenvalue weighted by atomic mass is 10.0. The number of hydrogen-bond acceptors (Lipinski definition) is 3. The molecular formula is C13H22N4O. The molecule has 1 saturated carbocycles. The van der Waals surface area contributed by atoms with Crippen molar-refractivity contribution in [1.29, 1.82) is 0 Å². The Labute approximate surface area is 108 Å². The Morgan fingerprint density at radius 3 is 2.83 bits per heavy atom. The number of carbonyl (C=O) groups excluding carboxylic acids is 1. The normalized spacial score (nSPS) is 16.1. The van der Waals surface area contributed by atoms with Crippen molar-refractivity contribution in [3.63, 3.8) is 0 Å². The second-order valence-corrected chi connectivity index (χ2v) is 5.01. The van der Waals surface area contributed by atoms with Crippen molar-refractivity contribution >= 4 is 11.6 Å². The lowest BCUT2D eigenvalue weighted by Gasteiger charge is -2.09. The number of nitrogen functional groups attached to an aromatic ring is 1. The highest BCUT2D eigenvalue weighted by Gasteiger charge is 2.18. The molecule has 2 rings (SSSR count). The number of nitrogens with one attached hydrogen (secondary N) is 2. The molecule has 0 bridgehead atoms. The number of H-pyrrole nitrogens is 1. The standard InChI is InChI=1S/C13H22N4O/c1-2-10-11(14)12(17-16-10)13(18)15-8-7-9-5-3-4-6-9/h9H,2-8,14H2,1H3,(H,15,18)(H,16,17). The van der Waals surface area contributed by atoms with Crippen molar-refractivity contribution in [2.24, 2.45) is 5.92 Å². The van der Waals surface area contributed by atoms with E-state index in [0.717, 1.165) is 31.0 Å². The summed E-state index contributed by atoms with van der Waals surface area (Å²) in [7, 11) is 0. The van der Waals surface area contributed by atoms with Gasteiger partial charge in [-0.2, -0.15) is 5.10 Å². The fourth-order valence-corrected chi connectivity index (χ4v) is 2.60. The number of aryl methyl sites for hydroxylation is 1. The molecule has 5 nitrogen and oxygen atoms in total. The third kappa shape index (κ3) is 2.83. The number of anilines is 1. The molecule has 1 fully saturated rings. The Bertz CT molecular complexity index is 407. The zero-order valence-corrected chi connectivity index (χ0v) is 11.0. The molecule has 0 aliphatic heterocycles. The Morgan fingerprint density at radius 1 is 1.50 bits per heavy atom. The SMILES string of the molecule is CCc1[nH]nc(C(=O)NCCC2CCCC2)c1N. The molecule has 0 aromatic carbocycles. The van der Waals surface area contributed by atoms with Gasteiger partial charge in [-0.3, -0.25) is 9.89 Å². The van der Waals surface area contributed by atoms with Gasteiger partial charge in [-0.05, 0) is 18.8 Å². The molecule has 1 amide bonds. The monoisotopic (exact) mass is 250 g/mol. The number of aromatic amines is 1. The highest BCUT2D eigenvalue weighted by atomic mass is 16.1. The third-order valence-electron chi connectivity index (χ3n) is 3.76. The van der Waals surface area contributed by atoms with E-state index in [2.05, 4.69) is 15.5 Å². The summed E-state index contributed by atoms with van der Waals surface area (Å²) < 4.78 is 0. The minimum atomic E-state index is -0.165. The van der Waals surface area contributed by atoms with Crippen LogP contribution in [0, 0.1) is 5.92 Å². The molecule has 100 valence electrons. The molecule has 0 spiro atoms. The van der Waals surface area contributed by atoms with Gasteiger partial charge >= 0.3 is 0 Å². The van der Waals surface area contributed by atoms with Gasteiger partial charge in [0, 0.05) is 6.54 Å². The first-order valence-corrected chi connectivity index (χ1v) is 6.83. The molecule has 0 atom stereocenters. The van der Waals surface area contributed by atoms with Crippen molar-refractivity contribution in [2.45, 2.75) is 45.4 Å². The Balaban J connectivity index is 1.81. The van der Waals surface area contributed by atoms with Gasteiger partial charge in [0.2, 0.25) is 0 Å². The first kappa shape index (κ1) is 12.9. The van der Waals surface area contributed by atoms with Crippen molar-refractivity contribution in [2.75, 3.05) is 12.3 Å². The van der Waals surface area contributed by atoms with Gasteiger partial charge in [0.1, 0.15) is 0 Å². The van der Waals surface area contributed by atoms with Gasteiger partial charge in [-0.1, -0.05) is 32.6 Å². The predicted octanol–water partition coefficient (Wildman–Crippen LogP) is 1.86. The average Bonchev–Trinajstić information content (AvgIpc) is 2.98. The van der Waals surface area contributed by atoms with Gasteiger partial charge in [-0.15, -0.1) is 0 Å². The van der Waals surface area contributed by atoms with E-state index in [1.807, 2.05) is 6.92 Å². The molecule has 4 N–H and O–H groups in total. The second kappa shape index (κ2) is 5.89. The van der Waals surface area contributed by atoms with Crippen molar-refractivity contribution in [3.8, 4) is 0 Å². The zero-order valence-electron chi connectivity index (χ0n) is 11.0. The molecular weight excluding hydrogens is 228 g/mol. The molecule has 1 aliphatic rings. The topological polar surface area (TPSA) is 83.8 Å². The molecule has 5 heteroatoms. The number of hydrogen-bond donors (Lipinski definition) is 3. The molecule has 0 saturated heterocycles. The number of nitrogens with two attached hydrogens (primary N) is 1. The largest absolute Gasteiger partial charge is 0.395 e. The molecule has 18 heavy (non-hydrogen) atoms. The molecule has 1 heterocycles. The molecule has 1 aliphatic carbocycles. The maximum Gasteiger partial charge on any atom is 0.273 e. The van der Waals surface area contributed by atoms with E-state index in [0.29, 0.717) is 11.4 Å². The first-order chi connectivity index (χ1) is 8.72. The molecule has 0 unspecified atom stereocenters. The summed E-state index contributed by atoms with van der Waals surface area (Å²) in [5.41, 5.74) is 7.50. The van der Waals surface area contributed by atoms with Crippen LogP contribution in [0.2, 0.25) is 0 Å². The van der Waals surface area contributed by atoms with Crippen molar-refractivity contribution in [3.05, 3.63) is 11.4 Å².